The fraction of sp³-hybridized carbons (Fsp3) is 0.429. The van der Waals surface area contributed by atoms with Crippen molar-refractivity contribution in [3.63, 3.8) is 0 Å². The molecule has 1 aromatic carbocycles. The van der Waals surface area contributed by atoms with Crippen molar-refractivity contribution in [2.75, 3.05) is 31.5 Å². The summed E-state index contributed by atoms with van der Waals surface area (Å²) in [4.78, 5) is 50.8. The number of carbonyl (C=O) groups is 4. The minimum Gasteiger partial charge on any atom is -0.481 e. The number of carbonyl (C=O) groups excluding carboxylic acids is 2. The Bertz CT molecular complexity index is 1330. The molecule has 0 fully saturated rings. The number of fused-ring (bicyclic) bond motifs is 2. The fourth-order valence-electron chi connectivity index (χ4n) is 4.96. The number of aliphatic hydroxyl groups is 1. The molecule has 1 aliphatic heterocycles. The monoisotopic (exact) mass is 558 g/mol. The van der Waals surface area contributed by atoms with Crippen molar-refractivity contribution in [1.82, 2.24) is 15.2 Å². The average molecular weight is 559 g/mol. The highest BCUT2D eigenvalue weighted by Crippen LogP contribution is 2.43. The summed E-state index contributed by atoms with van der Waals surface area (Å²) in [6.07, 6.45) is -0.236. The van der Waals surface area contributed by atoms with E-state index in [0.717, 1.165) is 55.0 Å². The highest BCUT2D eigenvalue weighted by molar-refractivity contribution is 6.37. The van der Waals surface area contributed by atoms with E-state index in [-0.39, 0.29) is 17.6 Å². The van der Waals surface area contributed by atoms with Crippen molar-refractivity contribution < 1.29 is 38.9 Å². The molecule has 6 N–H and O–H groups in total. The molecule has 12 heteroatoms. The van der Waals surface area contributed by atoms with E-state index in [4.69, 9.17) is 15.3 Å². The molecule has 4 rings (SSSR count). The van der Waals surface area contributed by atoms with E-state index in [1.54, 1.807) is 6.07 Å². The number of amides is 2. The zero-order valence-corrected chi connectivity index (χ0v) is 22.8. The average Bonchev–Trinajstić information content (AvgIpc) is 3.41. The zero-order chi connectivity index (χ0) is 29.6. The number of nitrogens with one attached hydrogen (secondary N) is 3. The molecule has 0 saturated carbocycles. The summed E-state index contributed by atoms with van der Waals surface area (Å²) >= 11 is 0. The van der Waals surface area contributed by atoms with Gasteiger partial charge in [0.05, 0.1) is 17.6 Å². The molecule has 1 atom stereocenters. The number of benzene rings is 1. The molecule has 40 heavy (non-hydrogen) atoms. The largest absolute Gasteiger partial charge is 0.481 e. The lowest BCUT2D eigenvalue weighted by Gasteiger charge is -2.19. The third kappa shape index (κ3) is 6.93. The van der Waals surface area contributed by atoms with Crippen LogP contribution < -0.4 is 10.6 Å². The first-order valence-corrected chi connectivity index (χ1v) is 13.2. The number of hydrogen-bond donors (Lipinski definition) is 6. The summed E-state index contributed by atoms with van der Waals surface area (Å²) in [6, 6.07) is 4.34. The molecule has 11 nitrogen and oxygen atoms in total. The number of aryl methyl sites for hydroxylation is 1. The van der Waals surface area contributed by atoms with E-state index in [1.165, 1.54) is 12.1 Å². The van der Waals surface area contributed by atoms with Gasteiger partial charge in [-0.3, -0.25) is 14.4 Å². The Morgan fingerprint density at radius 1 is 1.15 bits per heavy atom. The minimum absolute atomic E-state index is 0.0873. The molecule has 2 amide bonds. The number of likely N-dealkylation sites (N-methyl/N-ethyl adjacent to an activating group) is 1. The fourth-order valence-corrected chi connectivity index (χ4v) is 4.96. The maximum absolute atomic E-state index is 13.9. The lowest BCUT2D eigenvalue weighted by Crippen LogP contribution is -2.35. The zero-order valence-electron chi connectivity index (χ0n) is 22.8. The molecule has 0 unspecified atom stereocenters. The van der Waals surface area contributed by atoms with E-state index in [9.17, 15) is 23.6 Å². The minimum atomic E-state index is -1.79. The van der Waals surface area contributed by atoms with Crippen LogP contribution in [-0.4, -0.2) is 81.2 Å². The second-order valence-corrected chi connectivity index (χ2v) is 9.56. The summed E-state index contributed by atoms with van der Waals surface area (Å²) in [7, 11) is 0. The first-order valence-electron chi connectivity index (χ1n) is 13.2. The number of rotatable bonds is 9. The van der Waals surface area contributed by atoms with Gasteiger partial charge < -0.3 is 35.8 Å². The number of allylic oxidation sites excluding steroid dienone is 1. The Balaban J connectivity index is 0.000000424. The van der Waals surface area contributed by atoms with Gasteiger partial charge in [-0.1, -0.05) is 13.8 Å². The number of anilines is 1. The smallest absolute Gasteiger partial charge is 0.333 e. The second kappa shape index (κ2) is 13.4. The molecule has 2 heterocycles. The number of aromatic amines is 1. The normalized spacial score (nSPS) is 16.4. The molecule has 1 aliphatic carbocycles. The Kier molecular flexibility index (Phi) is 10.2. The standard InChI is InChI=1S/C24H29FN4O2.C4H6O5/c1-4-29(5-2)12-11-26-23(30)20-14(3)27-22-16(20)7-6-8-17(22)21-18-13-15(25)9-10-19(18)28-24(21)31;5-2(4(8)9)1-3(6)7/h9-10,13,27H,4-8,11-12H2,1-3H3,(H,26,30)(H,28,31);2,5H,1H2,(H,6,7)(H,8,9)/b21-17-;/t;2-/m.0/s1. The number of carboxylic acid groups (broad SMARTS) is 2. The van der Waals surface area contributed by atoms with Gasteiger partial charge in [0.15, 0.2) is 6.10 Å². The van der Waals surface area contributed by atoms with E-state index < -0.39 is 24.5 Å². The molecule has 2 aromatic rings. The van der Waals surface area contributed by atoms with E-state index in [0.29, 0.717) is 35.4 Å². The summed E-state index contributed by atoms with van der Waals surface area (Å²) in [5.41, 5.74) is 5.82. The van der Waals surface area contributed by atoms with Crippen molar-refractivity contribution in [1.29, 1.82) is 0 Å². The number of nitrogens with zero attached hydrogens (tertiary/aromatic N) is 1. The summed E-state index contributed by atoms with van der Waals surface area (Å²) in [6.45, 7) is 9.40. The van der Waals surface area contributed by atoms with Crippen molar-refractivity contribution in [3.05, 3.63) is 52.1 Å². The van der Waals surface area contributed by atoms with Gasteiger partial charge in [0.1, 0.15) is 5.82 Å². The third-order valence-electron chi connectivity index (χ3n) is 6.96. The Morgan fingerprint density at radius 2 is 1.85 bits per heavy atom. The molecular weight excluding hydrogens is 523 g/mol. The number of carboxylic acids is 2. The Morgan fingerprint density at radius 3 is 2.45 bits per heavy atom. The van der Waals surface area contributed by atoms with Crippen LogP contribution in [0.25, 0.3) is 11.1 Å². The number of aromatic nitrogens is 1. The molecule has 0 radical (unpaired) electrons. The van der Waals surface area contributed by atoms with Crippen molar-refractivity contribution >= 4 is 40.6 Å². The van der Waals surface area contributed by atoms with Crippen LogP contribution in [0.15, 0.2) is 18.2 Å². The van der Waals surface area contributed by atoms with Gasteiger partial charge in [0.25, 0.3) is 11.8 Å². The lowest BCUT2D eigenvalue weighted by molar-refractivity contribution is -0.152. The Labute approximate surface area is 231 Å². The van der Waals surface area contributed by atoms with Gasteiger partial charge in [0, 0.05) is 35.7 Å². The van der Waals surface area contributed by atoms with Crippen LogP contribution in [0.4, 0.5) is 10.1 Å². The number of aliphatic hydroxyl groups excluding tert-OH is 1. The van der Waals surface area contributed by atoms with Gasteiger partial charge in [-0.2, -0.15) is 0 Å². The number of aliphatic carboxylic acids is 2. The highest BCUT2D eigenvalue weighted by atomic mass is 19.1. The first-order chi connectivity index (χ1) is 19.0. The first kappa shape index (κ1) is 30.5. The van der Waals surface area contributed by atoms with Crippen molar-refractivity contribution in [2.45, 2.75) is 52.6 Å². The van der Waals surface area contributed by atoms with Crippen molar-refractivity contribution in [3.8, 4) is 0 Å². The molecule has 2 aliphatic rings. The van der Waals surface area contributed by atoms with E-state index >= 15 is 0 Å². The molecule has 0 saturated heterocycles. The molecule has 0 bridgehead atoms. The molecule has 1 aromatic heterocycles. The van der Waals surface area contributed by atoms with Gasteiger partial charge in [-0.05, 0) is 68.6 Å². The van der Waals surface area contributed by atoms with Crippen LogP contribution >= 0.6 is 0 Å². The number of halogens is 1. The van der Waals surface area contributed by atoms with Crippen LogP contribution in [-0.2, 0) is 20.8 Å². The summed E-state index contributed by atoms with van der Waals surface area (Å²) in [5.74, 6) is -3.53. The third-order valence-corrected chi connectivity index (χ3v) is 6.96. The lowest BCUT2D eigenvalue weighted by atomic mass is 9.86. The maximum atomic E-state index is 13.9. The quantitative estimate of drug-likeness (QED) is 0.255. The molecule has 0 spiro atoms. The SMILES string of the molecule is CCN(CC)CCNC(=O)c1c(C)[nH]c2c1CCC/C2=C1/C(=O)Nc2ccc(F)cc21.O=C(O)C[C@H](O)C(=O)O. The molecular formula is C28H35FN4O7. The summed E-state index contributed by atoms with van der Waals surface area (Å²) in [5, 5.41) is 30.0. The van der Waals surface area contributed by atoms with E-state index in [2.05, 4.69) is 34.4 Å². The van der Waals surface area contributed by atoms with Gasteiger partial charge in [-0.25, -0.2) is 9.18 Å². The highest BCUT2D eigenvalue weighted by Gasteiger charge is 2.33. The summed E-state index contributed by atoms with van der Waals surface area (Å²) < 4.78 is 13.9. The molecule has 216 valence electrons. The topological polar surface area (TPSA) is 172 Å². The predicted octanol–water partition coefficient (Wildman–Crippen LogP) is 2.64. The number of H-pyrrole nitrogens is 1. The van der Waals surface area contributed by atoms with Gasteiger partial charge in [0.2, 0.25) is 0 Å². The van der Waals surface area contributed by atoms with Gasteiger partial charge >= 0.3 is 11.9 Å². The Hall–Kier alpha value is -4.03. The second-order valence-electron chi connectivity index (χ2n) is 9.56. The van der Waals surface area contributed by atoms with Crippen LogP contribution in [0.2, 0.25) is 0 Å². The van der Waals surface area contributed by atoms with Crippen molar-refractivity contribution in [2.24, 2.45) is 0 Å². The predicted molar refractivity (Wildman–Crippen MR) is 146 cm³/mol. The van der Waals surface area contributed by atoms with Gasteiger partial charge in [-0.15, -0.1) is 0 Å². The van der Waals surface area contributed by atoms with E-state index in [1.807, 2.05) is 6.92 Å². The van der Waals surface area contributed by atoms with Crippen LogP contribution in [0.1, 0.15) is 66.0 Å². The number of hydrogen-bond acceptors (Lipinski definition) is 6. The van der Waals surface area contributed by atoms with Crippen LogP contribution in [0.5, 0.6) is 0 Å². The maximum Gasteiger partial charge on any atom is 0.333 e. The van der Waals surface area contributed by atoms with Crippen LogP contribution in [0, 0.1) is 12.7 Å². The van der Waals surface area contributed by atoms with Crippen LogP contribution in [0.3, 0.4) is 0 Å².